The summed E-state index contributed by atoms with van der Waals surface area (Å²) in [6, 6.07) is 6.20. The number of rotatable bonds is 7. The minimum atomic E-state index is -0.412. The van der Waals surface area contributed by atoms with E-state index in [4.69, 9.17) is 9.47 Å². The van der Waals surface area contributed by atoms with Crippen LogP contribution in [-0.2, 0) is 9.53 Å². The molecule has 1 amide bonds. The predicted molar refractivity (Wildman–Crippen MR) is 116 cm³/mol. The number of fused-ring (bicyclic) bond motifs is 3. The molecule has 3 aliphatic rings. The van der Waals surface area contributed by atoms with E-state index in [1.54, 1.807) is 0 Å². The second-order valence-corrected chi connectivity index (χ2v) is 8.98. The quantitative estimate of drug-likeness (QED) is 0.704. The van der Waals surface area contributed by atoms with Gasteiger partial charge in [-0.2, -0.15) is 0 Å². The van der Waals surface area contributed by atoms with E-state index >= 15 is 0 Å². The van der Waals surface area contributed by atoms with Gasteiger partial charge in [0, 0.05) is 44.4 Å². The molecule has 3 aliphatic heterocycles. The van der Waals surface area contributed by atoms with Crippen molar-refractivity contribution in [2.75, 3.05) is 51.8 Å². The molecule has 0 aromatic heterocycles. The number of likely N-dealkylation sites (tertiary alicyclic amines) is 1. The Labute approximate surface area is 179 Å². The van der Waals surface area contributed by atoms with Crippen molar-refractivity contribution in [1.82, 2.24) is 10.2 Å². The summed E-state index contributed by atoms with van der Waals surface area (Å²) in [4.78, 5) is 17.0. The second-order valence-electron chi connectivity index (χ2n) is 8.98. The van der Waals surface area contributed by atoms with Crippen molar-refractivity contribution < 1.29 is 19.4 Å². The monoisotopic (exact) mass is 417 g/mol. The van der Waals surface area contributed by atoms with Crippen LogP contribution in [0.15, 0.2) is 18.2 Å². The zero-order valence-corrected chi connectivity index (χ0v) is 18.2. The molecule has 2 fully saturated rings. The van der Waals surface area contributed by atoms with E-state index in [1.165, 1.54) is 19.3 Å². The van der Waals surface area contributed by atoms with Crippen LogP contribution in [0.1, 0.15) is 43.6 Å². The first-order valence-corrected chi connectivity index (χ1v) is 11.3. The van der Waals surface area contributed by atoms with Gasteiger partial charge in [-0.1, -0.05) is 6.42 Å². The number of carbonyl (C=O) groups is 1. The molecule has 0 spiro atoms. The van der Waals surface area contributed by atoms with Crippen LogP contribution in [0.5, 0.6) is 5.75 Å². The van der Waals surface area contributed by atoms with Gasteiger partial charge in [-0.15, -0.1) is 0 Å². The highest BCUT2D eigenvalue weighted by molar-refractivity contribution is 5.76. The summed E-state index contributed by atoms with van der Waals surface area (Å²) in [5.74, 6) is 1.02. The van der Waals surface area contributed by atoms with Gasteiger partial charge in [-0.25, -0.2) is 0 Å². The van der Waals surface area contributed by atoms with Crippen molar-refractivity contribution in [3.05, 3.63) is 23.8 Å². The second kappa shape index (κ2) is 9.54. The minimum absolute atomic E-state index is 0.0216. The van der Waals surface area contributed by atoms with Gasteiger partial charge in [-0.05, 0) is 50.6 Å². The third kappa shape index (κ3) is 4.74. The van der Waals surface area contributed by atoms with Gasteiger partial charge in [0.25, 0.3) is 0 Å². The summed E-state index contributed by atoms with van der Waals surface area (Å²) >= 11 is 0. The number of ether oxygens (including phenoxy) is 2. The summed E-state index contributed by atoms with van der Waals surface area (Å²) in [6.45, 7) is 3.76. The SMILES string of the molecule is CN(C)c1ccc2c(c1)[C@H]1C[C@H](CC(=O)NCCN3CCCCC3)O[C@H](CO)[C@H]1O2. The zero-order valence-electron chi connectivity index (χ0n) is 18.2. The summed E-state index contributed by atoms with van der Waals surface area (Å²) in [5, 5.41) is 12.9. The standard InChI is InChI=1S/C23H35N3O4/c1-25(2)16-6-7-20-18(12-16)19-13-17(29-21(15-27)23(19)30-20)14-22(28)24-8-11-26-9-4-3-5-10-26/h6-7,12,17,19,21,23,27H,3-5,8-11,13-15H2,1-2H3,(H,24,28)/t17-,19-,21-,23+/m1/s1. The van der Waals surface area contributed by atoms with Crippen molar-refractivity contribution >= 4 is 11.6 Å². The van der Waals surface area contributed by atoms with Gasteiger partial charge in [0.15, 0.2) is 0 Å². The van der Waals surface area contributed by atoms with Crippen LogP contribution in [-0.4, -0.2) is 81.1 Å². The molecule has 0 radical (unpaired) electrons. The number of nitrogens with one attached hydrogen (secondary N) is 1. The molecule has 3 heterocycles. The Kier molecular flexibility index (Phi) is 6.80. The van der Waals surface area contributed by atoms with Crippen molar-refractivity contribution in [3.63, 3.8) is 0 Å². The van der Waals surface area contributed by atoms with E-state index < -0.39 is 6.10 Å². The zero-order chi connectivity index (χ0) is 21.1. The molecule has 0 unspecified atom stereocenters. The number of piperidine rings is 1. The Morgan fingerprint density at radius 2 is 2.07 bits per heavy atom. The number of hydrogen-bond donors (Lipinski definition) is 2. The molecule has 0 bridgehead atoms. The van der Waals surface area contributed by atoms with Crippen LogP contribution >= 0.6 is 0 Å². The number of anilines is 1. The normalized spacial score (nSPS) is 28.4. The van der Waals surface area contributed by atoms with E-state index in [9.17, 15) is 9.90 Å². The molecule has 4 atom stereocenters. The summed E-state index contributed by atoms with van der Waals surface area (Å²) in [7, 11) is 4.04. The molecule has 1 aromatic rings. The topological polar surface area (TPSA) is 74.3 Å². The maximum Gasteiger partial charge on any atom is 0.222 e. The maximum atomic E-state index is 12.5. The number of benzene rings is 1. The fraction of sp³-hybridized carbons (Fsp3) is 0.696. The first-order chi connectivity index (χ1) is 14.5. The van der Waals surface area contributed by atoms with Crippen LogP contribution in [0.2, 0.25) is 0 Å². The molecule has 2 saturated heterocycles. The van der Waals surface area contributed by atoms with Gasteiger partial charge < -0.3 is 29.7 Å². The summed E-state index contributed by atoms with van der Waals surface area (Å²) < 4.78 is 12.2. The summed E-state index contributed by atoms with van der Waals surface area (Å²) in [6.07, 6.45) is 4.07. The van der Waals surface area contributed by atoms with Crippen LogP contribution in [0, 0.1) is 0 Å². The lowest BCUT2D eigenvalue weighted by molar-refractivity contribution is -0.142. The smallest absolute Gasteiger partial charge is 0.222 e. The number of aliphatic hydroxyl groups is 1. The molecular weight excluding hydrogens is 382 g/mol. The predicted octanol–water partition coefficient (Wildman–Crippen LogP) is 1.74. The van der Waals surface area contributed by atoms with Crippen molar-refractivity contribution in [2.45, 2.75) is 56.3 Å². The van der Waals surface area contributed by atoms with Crippen molar-refractivity contribution in [1.29, 1.82) is 0 Å². The van der Waals surface area contributed by atoms with E-state index in [0.717, 1.165) is 43.1 Å². The average molecular weight is 418 g/mol. The Morgan fingerprint density at radius 3 is 2.80 bits per heavy atom. The van der Waals surface area contributed by atoms with Crippen molar-refractivity contribution in [2.24, 2.45) is 0 Å². The highest BCUT2D eigenvalue weighted by Crippen LogP contribution is 2.47. The molecule has 30 heavy (non-hydrogen) atoms. The number of amides is 1. The number of aliphatic hydroxyl groups excluding tert-OH is 1. The molecule has 0 saturated carbocycles. The first-order valence-electron chi connectivity index (χ1n) is 11.3. The Hall–Kier alpha value is -1.83. The fourth-order valence-corrected chi connectivity index (χ4v) is 4.97. The molecule has 7 nitrogen and oxygen atoms in total. The third-order valence-electron chi connectivity index (χ3n) is 6.61. The van der Waals surface area contributed by atoms with Crippen molar-refractivity contribution in [3.8, 4) is 5.75 Å². The number of nitrogens with zero attached hydrogens (tertiary/aromatic N) is 2. The molecule has 0 aliphatic carbocycles. The minimum Gasteiger partial charge on any atom is -0.487 e. The molecular formula is C23H35N3O4. The molecule has 2 N–H and O–H groups in total. The van der Waals surface area contributed by atoms with Gasteiger partial charge in [-0.3, -0.25) is 4.79 Å². The van der Waals surface area contributed by atoms with Gasteiger partial charge in [0.1, 0.15) is 18.0 Å². The fourth-order valence-electron chi connectivity index (χ4n) is 4.97. The molecule has 1 aromatic carbocycles. The highest BCUT2D eigenvalue weighted by atomic mass is 16.6. The lowest BCUT2D eigenvalue weighted by atomic mass is 9.84. The van der Waals surface area contributed by atoms with E-state index in [1.807, 2.05) is 26.2 Å². The van der Waals surface area contributed by atoms with E-state index in [-0.39, 0.29) is 30.6 Å². The largest absolute Gasteiger partial charge is 0.487 e. The number of hydrogen-bond acceptors (Lipinski definition) is 6. The van der Waals surface area contributed by atoms with Crippen LogP contribution in [0.4, 0.5) is 5.69 Å². The summed E-state index contributed by atoms with van der Waals surface area (Å²) in [5.41, 5.74) is 2.28. The van der Waals surface area contributed by atoms with Crippen LogP contribution < -0.4 is 15.0 Å². The Balaban J connectivity index is 1.35. The lowest BCUT2D eigenvalue weighted by Crippen LogP contribution is -2.47. The average Bonchev–Trinajstić information content (AvgIpc) is 3.11. The van der Waals surface area contributed by atoms with Gasteiger partial charge >= 0.3 is 0 Å². The maximum absolute atomic E-state index is 12.5. The molecule has 4 rings (SSSR count). The molecule has 7 heteroatoms. The van der Waals surface area contributed by atoms with Gasteiger partial charge in [0.05, 0.1) is 19.1 Å². The number of carbonyl (C=O) groups excluding carboxylic acids is 1. The Bertz CT molecular complexity index is 735. The Morgan fingerprint density at radius 1 is 1.27 bits per heavy atom. The molecule has 166 valence electrons. The third-order valence-corrected chi connectivity index (χ3v) is 6.61. The lowest BCUT2D eigenvalue weighted by Gasteiger charge is -2.37. The van der Waals surface area contributed by atoms with E-state index in [0.29, 0.717) is 13.0 Å². The van der Waals surface area contributed by atoms with Crippen LogP contribution in [0.25, 0.3) is 0 Å². The van der Waals surface area contributed by atoms with Gasteiger partial charge in [0.2, 0.25) is 5.91 Å². The van der Waals surface area contributed by atoms with Crippen LogP contribution in [0.3, 0.4) is 0 Å². The highest BCUT2D eigenvalue weighted by Gasteiger charge is 2.46. The first kappa shape index (κ1) is 21.4. The van der Waals surface area contributed by atoms with E-state index in [2.05, 4.69) is 21.2 Å².